The van der Waals surface area contributed by atoms with E-state index in [4.69, 9.17) is 12.6 Å². The molecule has 24 heteroatoms. The molecule has 0 aliphatic heterocycles. The predicted octanol–water partition coefficient (Wildman–Crippen LogP) is 3.57. The number of nitro groups is 2. The second-order valence-electron chi connectivity index (χ2n) is 9.00. The van der Waals surface area contributed by atoms with Gasteiger partial charge in [-0.3, -0.25) is 34.7 Å². The van der Waals surface area contributed by atoms with Gasteiger partial charge in [0.15, 0.2) is 11.4 Å². The molecule has 0 radical (unpaired) electrons. The van der Waals surface area contributed by atoms with E-state index in [2.05, 4.69) is 26.0 Å². The van der Waals surface area contributed by atoms with E-state index >= 15 is 0 Å². The van der Waals surface area contributed by atoms with Crippen LogP contribution in [0, 0.1) is 33.0 Å². The molecule has 0 aliphatic rings. The van der Waals surface area contributed by atoms with Gasteiger partial charge in [-0.25, -0.2) is 9.48 Å². The van der Waals surface area contributed by atoms with Crippen LogP contribution in [0.5, 0.6) is 0 Å². The largest absolute Gasteiger partial charge is 0.476 e. The van der Waals surface area contributed by atoms with Gasteiger partial charge in [-0.05, 0) is 42.8 Å². The minimum absolute atomic E-state index is 0.275. The summed E-state index contributed by atoms with van der Waals surface area (Å²) in [7, 11) is -6.57. The smallest absolute Gasteiger partial charge is 0.425 e. The van der Waals surface area contributed by atoms with Gasteiger partial charge in [0.2, 0.25) is 5.82 Å². The van der Waals surface area contributed by atoms with Crippen LogP contribution in [0.4, 0.5) is 44.2 Å². The highest BCUT2D eigenvalue weighted by atomic mass is 32.2. The van der Waals surface area contributed by atoms with Crippen LogP contribution < -0.4 is 16.2 Å². The zero-order chi connectivity index (χ0) is 36.1. The molecule has 48 heavy (non-hydrogen) atoms. The van der Waals surface area contributed by atoms with Gasteiger partial charge in [0.1, 0.15) is 16.3 Å². The van der Waals surface area contributed by atoms with Crippen molar-refractivity contribution in [1.29, 1.82) is 0 Å². The van der Waals surface area contributed by atoms with Crippen molar-refractivity contribution in [3.8, 4) is 5.69 Å². The number of aromatic amines is 1. The van der Waals surface area contributed by atoms with Gasteiger partial charge in [0.25, 0.3) is 21.4 Å². The molecular formula is C24H19FN8O13S2. The summed E-state index contributed by atoms with van der Waals surface area (Å²) >= 11 is 0. The van der Waals surface area contributed by atoms with E-state index in [1.807, 2.05) is 0 Å². The molecule has 0 spiro atoms. The third-order valence-electron chi connectivity index (χ3n) is 6.13. The predicted molar refractivity (Wildman–Crippen MR) is 161 cm³/mol. The van der Waals surface area contributed by atoms with Crippen molar-refractivity contribution in [3.05, 3.63) is 96.2 Å². The quantitative estimate of drug-likeness (QED) is 0.0679. The van der Waals surface area contributed by atoms with Crippen LogP contribution >= 0.6 is 0 Å². The number of hydrogen-bond donors (Lipinski definition) is 5. The molecule has 0 amide bonds. The summed E-state index contributed by atoms with van der Waals surface area (Å²) in [5, 5.41) is 47.0. The number of carbonyl (C=O) groups is 1. The maximum atomic E-state index is 14.2. The topological polar surface area (TPSA) is 316 Å². The van der Waals surface area contributed by atoms with Crippen molar-refractivity contribution >= 4 is 66.5 Å². The Labute approximate surface area is 267 Å². The highest BCUT2D eigenvalue weighted by Gasteiger charge is 2.26. The molecule has 3 aromatic carbocycles. The van der Waals surface area contributed by atoms with E-state index in [-0.39, 0.29) is 11.4 Å². The first-order valence-electron chi connectivity index (χ1n) is 12.4. The molecule has 1 heterocycles. The summed E-state index contributed by atoms with van der Waals surface area (Å²) in [6, 6.07) is 8.42. The number of nitrogens with zero attached hydrogens (tertiary/aromatic N) is 5. The number of carboxylic acids is 1. The zero-order valence-corrected chi connectivity index (χ0v) is 25.6. The number of nitrogens with one attached hydrogen (secondary N) is 3. The highest BCUT2D eigenvalue weighted by molar-refractivity contribution is 7.86. The van der Waals surface area contributed by atoms with E-state index < -0.39 is 86.9 Å². The molecule has 0 aliphatic carbocycles. The number of aromatic carboxylic acids is 1. The van der Waals surface area contributed by atoms with Gasteiger partial charge in [-0.1, -0.05) is 6.07 Å². The van der Waals surface area contributed by atoms with Crippen molar-refractivity contribution in [2.24, 2.45) is 10.2 Å². The molecule has 0 atom stereocenters. The van der Waals surface area contributed by atoms with Crippen LogP contribution in [0.15, 0.2) is 68.4 Å². The summed E-state index contributed by atoms with van der Waals surface area (Å²) in [6.45, 7) is 1.67. The summed E-state index contributed by atoms with van der Waals surface area (Å²) in [5.74, 6) is -3.02. The maximum Gasteiger partial charge on any atom is 0.425 e. The molecule has 5 N–H and O–H groups in total. The van der Waals surface area contributed by atoms with E-state index in [1.165, 1.54) is 6.07 Å². The average molecular weight is 711 g/mol. The molecule has 0 fully saturated rings. The molecule has 4 aromatic rings. The number of carboxylic acid groups (broad SMARTS) is 1. The fourth-order valence-corrected chi connectivity index (χ4v) is 4.71. The molecule has 0 unspecified atom stereocenters. The maximum absolute atomic E-state index is 14.2. The Morgan fingerprint density at radius 3 is 2.19 bits per heavy atom. The van der Waals surface area contributed by atoms with Gasteiger partial charge < -0.3 is 15.7 Å². The molecule has 4 rings (SSSR count). The summed E-state index contributed by atoms with van der Waals surface area (Å²) in [5.41, 5.74) is -4.42. The Morgan fingerprint density at radius 2 is 1.65 bits per heavy atom. The van der Waals surface area contributed by atoms with Crippen molar-refractivity contribution in [2.45, 2.75) is 11.8 Å². The number of aromatic nitrogens is 2. The Kier molecular flexibility index (Phi) is 10.8. The second kappa shape index (κ2) is 14.4. The average Bonchev–Trinajstić information content (AvgIpc) is 3.31. The van der Waals surface area contributed by atoms with Crippen LogP contribution in [0.2, 0.25) is 0 Å². The van der Waals surface area contributed by atoms with E-state index in [0.29, 0.717) is 23.4 Å². The first-order chi connectivity index (χ1) is 22.4. The normalized spacial score (nSPS) is 11.0. The van der Waals surface area contributed by atoms with Crippen molar-refractivity contribution in [3.63, 3.8) is 0 Å². The lowest BCUT2D eigenvalue weighted by Crippen LogP contribution is -2.15. The molecule has 252 valence electrons. The summed E-state index contributed by atoms with van der Waals surface area (Å²) < 4.78 is 74.5. The molecule has 0 saturated heterocycles. The van der Waals surface area contributed by atoms with Crippen molar-refractivity contribution in [1.82, 2.24) is 9.78 Å². The standard InChI is InChI=1S/C24H19FN8O10S.O3S/c1-11-14(26-2)4-3-5-17(11)31-23(34)21(22(30-31)24(35)36)29-28-15-7-6-12(8-20(15)44(41,42)43)27-16-9-13(25)18(32(37)38)10-19(16)33(39)40;1-4(2)3/h3-10,26-27,30H,1-2H3,(H,35,36)(H,41,42,43);. The number of azo groups is 1. The number of hydrogen-bond acceptors (Lipinski definition) is 15. The molecular weight excluding hydrogens is 691 g/mol. The number of benzene rings is 3. The third kappa shape index (κ3) is 8.05. The highest BCUT2D eigenvalue weighted by Crippen LogP contribution is 2.36. The minimum Gasteiger partial charge on any atom is -0.476 e. The van der Waals surface area contributed by atoms with Gasteiger partial charge in [-0.15, -0.1) is 22.9 Å². The van der Waals surface area contributed by atoms with E-state index in [0.717, 1.165) is 22.9 Å². The Morgan fingerprint density at radius 1 is 1.02 bits per heavy atom. The third-order valence-corrected chi connectivity index (χ3v) is 7.01. The van der Waals surface area contributed by atoms with Gasteiger partial charge >= 0.3 is 22.3 Å². The van der Waals surface area contributed by atoms with E-state index in [1.54, 1.807) is 26.1 Å². The molecule has 0 saturated carbocycles. The number of halogens is 1. The zero-order valence-electron chi connectivity index (χ0n) is 23.9. The van der Waals surface area contributed by atoms with Crippen LogP contribution in [0.3, 0.4) is 0 Å². The van der Waals surface area contributed by atoms with Gasteiger partial charge in [0.05, 0.1) is 21.6 Å². The Balaban J connectivity index is 0.00000148. The van der Waals surface area contributed by atoms with Crippen LogP contribution in [0.25, 0.3) is 5.69 Å². The monoisotopic (exact) mass is 710 g/mol. The van der Waals surface area contributed by atoms with Crippen LogP contribution in [0.1, 0.15) is 16.1 Å². The number of nitro benzene ring substituents is 2. The second-order valence-corrected chi connectivity index (χ2v) is 10.8. The fourth-order valence-electron chi connectivity index (χ4n) is 4.06. The van der Waals surface area contributed by atoms with Crippen LogP contribution in [-0.4, -0.2) is 63.3 Å². The summed E-state index contributed by atoms with van der Waals surface area (Å²) in [6.07, 6.45) is 0. The lowest BCUT2D eigenvalue weighted by atomic mass is 10.1. The lowest BCUT2D eigenvalue weighted by Gasteiger charge is -2.10. The molecule has 1 aromatic heterocycles. The number of rotatable bonds is 10. The van der Waals surface area contributed by atoms with E-state index in [9.17, 15) is 52.3 Å². The van der Waals surface area contributed by atoms with Crippen molar-refractivity contribution < 1.29 is 49.7 Å². The summed E-state index contributed by atoms with van der Waals surface area (Å²) in [4.78, 5) is 44.3. The molecule has 21 nitrogen and oxygen atoms in total. The lowest BCUT2D eigenvalue weighted by molar-refractivity contribution is -0.395. The number of anilines is 3. The SMILES string of the molecule is CNc1cccc(-n2[nH]c(C(=O)O)c(N=Nc3ccc(Nc4cc(F)c([N+](=O)[O-])cc4[N+](=O)[O-])cc3S(=O)(=O)O)c2=O)c1C.O=S(=O)=O. The first kappa shape index (κ1) is 36.1. The number of H-pyrrole nitrogens is 1. The van der Waals surface area contributed by atoms with Gasteiger partial charge in [0, 0.05) is 24.5 Å². The minimum atomic E-state index is -5.10. The molecule has 0 bridgehead atoms. The Hall–Kier alpha value is -6.40. The fraction of sp³-hybridized carbons (Fsp3) is 0.0833. The van der Waals surface area contributed by atoms with Crippen LogP contribution in [-0.2, 0) is 20.7 Å². The van der Waals surface area contributed by atoms with Crippen molar-refractivity contribution in [2.75, 3.05) is 17.7 Å². The first-order valence-corrected chi connectivity index (χ1v) is 14.9. The van der Waals surface area contributed by atoms with Gasteiger partial charge in [-0.2, -0.15) is 12.8 Å². The Bertz CT molecular complexity index is 2280.